The summed E-state index contributed by atoms with van der Waals surface area (Å²) in [5, 5.41) is 6.89. The zero-order chi connectivity index (χ0) is 19.4. The van der Waals surface area contributed by atoms with Gasteiger partial charge in [0.15, 0.2) is 0 Å². The van der Waals surface area contributed by atoms with Crippen LogP contribution in [0.1, 0.15) is 26.7 Å². The number of nitrogens with zero attached hydrogens (tertiary/aromatic N) is 3. The molecule has 8 nitrogen and oxygen atoms in total. The fourth-order valence-corrected chi connectivity index (χ4v) is 4.05. The zero-order valence-corrected chi connectivity index (χ0v) is 16.2. The summed E-state index contributed by atoms with van der Waals surface area (Å²) < 4.78 is 35.7. The van der Waals surface area contributed by atoms with E-state index in [-0.39, 0.29) is 5.89 Å². The molecular formula is C18H23N3O5S. The van der Waals surface area contributed by atoms with Crippen molar-refractivity contribution in [3.05, 3.63) is 24.3 Å². The predicted octanol–water partition coefficient (Wildman–Crippen LogP) is 2.17. The topological polar surface area (TPSA) is 103 Å². The summed E-state index contributed by atoms with van der Waals surface area (Å²) in [5.74, 6) is 0.0537. The third-order valence-corrected chi connectivity index (χ3v) is 5.73. The van der Waals surface area contributed by atoms with Crippen molar-refractivity contribution < 1.29 is 22.4 Å². The molecule has 1 unspecified atom stereocenters. The summed E-state index contributed by atoms with van der Waals surface area (Å²) in [4.78, 5) is 13.9. The molecule has 0 spiro atoms. The molecular weight excluding hydrogens is 370 g/mol. The molecule has 1 saturated heterocycles. The Hall–Kier alpha value is -2.42. The molecule has 0 aliphatic carbocycles. The molecule has 1 fully saturated rings. The van der Waals surface area contributed by atoms with Crippen LogP contribution in [-0.2, 0) is 14.6 Å². The van der Waals surface area contributed by atoms with Crippen molar-refractivity contribution in [3.8, 4) is 17.2 Å². The van der Waals surface area contributed by atoms with Crippen molar-refractivity contribution in [2.24, 2.45) is 5.92 Å². The van der Waals surface area contributed by atoms with Crippen LogP contribution in [0, 0.1) is 5.92 Å². The number of hydrogen-bond acceptors (Lipinski definition) is 7. The van der Waals surface area contributed by atoms with Crippen LogP contribution < -0.4 is 4.74 Å². The average molecular weight is 393 g/mol. The van der Waals surface area contributed by atoms with Crippen molar-refractivity contribution in [2.75, 3.05) is 25.4 Å². The van der Waals surface area contributed by atoms with Gasteiger partial charge in [0, 0.05) is 18.7 Å². The van der Waals surface area contributed by atoms with Crippen LogP contribution in [0.15, 0.2) is 33.9 Å². The Morgan fingerprint density at radius 3 is 2.70 bits per heavy atom. The van der Waals surface area contributed by atoms with E-state index in [4.69, 9.17) is 9.15 Å². The number of piperidine rings is 1. The minimum atomic E-state index is -3.99. The highest BCUT2D eigenvalue weighted by Gasteiger charge is 2.30. The lowest BCUT2D eigenvalue weighted by atomic mass is 10.0. The molecule has 0 N–H and O–H groups in total. The Morgan fingerprint density at radius 1 is 1.30 bits per heavy atom. The van der Waals surface area contributed by atoms with Crippen LogP contribution in [0.2, 0.25) is 0 Å². The smallest absolute Gasteiger partial charge is 0.336 e. The Morgan fingerprint density at radius 2 is 2.04 bits per heavy atom. The fourth-order valence-electron chi connectivity index (χ4n) is 3.04. The number of aromatic nitrogens is 2. The first-order chi connectivity index (χ1) is 12.9. The van der Waals surface area contributed by atoms with Gasteiger partial charge in [-0.3, -0.25) is 4.79 Å². The van der Waals surface area contributed by atoms with Gasteiger partial charge in [-0.2, -0.15) is 0 Å². The summed E-state index contributed by atoms with van der Waals surface area (Å²) in [6.07, 6.45) is 1.93. The molecule has 0 saturated carbocycles. The summed E-state index contributed by atoms with van der Waals surface area (Å²) >= 11 is 0. The standard InChI is InChI=1S/C18H23N3O5S/c1-3-25-15-8-6-14(7-9-15)17-19-20-18(26-17)27(23,24)12-16(22)21-10-4-5-13(2)11-21/h6-9,13H,3-5,10-12H2,1-2H3. The zero-order valence-electron chi connectivity index (χ0n) is 15.4. The van der Waals surface area contributed by atoms with Gasteiger partial charge in [-0.05, 0) is 49.9 Å². The number of carbonyl (C=O) groups excluding carboxylic acids is 1. The van der Waals surface area contributed by atoms with Crippen LogP contribution >= 0.6 is 0 Å². The van der Waals surface area contributed by atoms with Gasteiger partial charge in [0.05, 0.1) is 6.61 Å². The Bertz CT molecular complexity index is 892. The number of likely N-dealkylation sites (tertiary alicyclic amines) is 1. The number of sulfone groups is 1. The molecule has 146 valence electrons. The van der Waals surface area contributed by atoms with E-state index in [1.807, 2.05) is 6.92 Å². The van der Waals surface area contributed by atoms with E-state index in [0.717, 1.165) is 12.8 Å². The van der Waals surface area contributed by atoms with E-state index in [2.05, 4.69) is 17.1 Å². The molecule has 1 aliphatic rings. The van der Waals surface area contributed by atoms with Gasteiger partial charge >= 0.3 is 5.22 Å². The van der Waals surface area contributed by atoms with Gasteiger partial charge in [0.25, 0.3) is 0 Å². The van der Waals surface area contributed by atoms with E-state index < -0.39 is 26.7 Å². The number of amides is 1. The Kier molecular flexibility index (Phi) is 5.79. The van der Waals surface area contributed by atoms with Gasteiger partial charge in [-0.25, -0.2) is 8.42 Å². The number of ether oxygens (including phenoxy) is 1. The summed E-state index contributed by atoms with van der Waals surface area (Å²) in [7, 11) is -3.99. The number of rotatable bonds is 6. The van der Waals surface area contributed by atoms with Crippen molar-refractivity contribution >= 4 is 15.7 Å². The molecule has 1 aliphatic heterocycles. The molecule has 0 bridgehead atoms. The van der Waals surface area contributed by atoms with Crippen LogP contribution in [0.4, 0.5) is 0 Å². The lowest BCUT2D eigenvalue weighted by Crippen LogP contribution is -2.42. The molecule has 1 aromatic heterocycles. The Balaban J connectivity index is 1.71. The van der Waals surface area contributed by atoms with Gasteiger partial charge in [-0.1, -0.05) is 12.0 Å². The third-order valence-electron chi connectivity index (χ3n) is 4.41. The maximum atomic E-state index is 12.5. The first-order valence-electron chi connectivity index (χ1n) is 8.96. The minimum absolute atomic E-state index is 0.0793. The van der Waals surface area contributed by atoms with Crippen molar-refractivity contribution in [1.29, 1.82) is 0 Å². The monoisotopic (exact) mass is 393 g/mol. The fraction of sp³-hybridized carbons (Fsp3) is 0.500. The summed E-state index contributed by atoms with van der Waals surface area (Å²) in [6.45, 7) is 5.64. The van der Waals surface area contributed by atoms with Crippen molar-refractivity contribution in [3.63, 3.8) is 0 Å². The minimum Gasteiger partial charge on any atom is -0.494 e. The SMILES string of the molecule is CCOc1ccc(-c2nnc(S(=O)(=O)CC(=O)N3CCCC(C)C3)o2)cc1. The second-order valence-electron chi connectivity index (χ2n) is 6.68. The highest BCUT2D eigenvalue weighted by atomic mass is 32.2. The average Bonchev–Trinajstić information content (AvgIpc) is 3.13. The first-order valence-corrected chi connectivity index (χ1v) is 10.6. The molecule has 1 amide bonds. The summed E-state index contributed by atoms with van der Waals surface area (Å²) in [6, 6.07) is 6.88. The Labute approximate surface area is 158 Å². The van der Waals surface area contributed by atoms with Crippen LogP contribution in [0.3, 0.4) is 0 Å². The molecule has 1 aromatic carbocycles. The molecule has 1 atom stereocenters. The second kappa shape index (κ2) is 8.08. The van der Waals surface area contributed by atoms with Crippen LogP contribution in [-0.4, -0.2) is 54.9 Å². The van der Waals surface area contributed by atoms with Gasteiger partial charge in [0.1, 0.15) is 11.5 Å². The van der Waals surface area contributed by atoms with E-state index >= 15 is 0 Å². The van der Waals surface area contributed by atoms with Gasteiger partial charge in [0.2, 0.25) is 21.6 Å². The first kappa shape index (κ1) is 19.3. The lowest BCUT2D eigenvalue weighted by molar-refractivity contribution is -0.130. The van der Waals surface area contributed by atoms with Crippen LogP contribution in [0.5, 0.6) is 5.75 Å². The molecule has 27 heavy (non-hydrogen) atoms. The third kappa shape index (κ3) is 4.65. The van der Waals surface area contributed by atoms with Crippen LogP contribution in [0.25, 0.3) is 11.5 Å². The number of hydrogen-bond donors (Lipinski definition) is 0. The van der Waals surface area contributed by atoms with Gasteiger partial charge < -0.3 is 14.1 Å². The largest absolute Gasteiger partial charge is 0.494 e. The van der Waals surface area contributed by atoms with E-state index in [9.17, 15) is 13.2 Å². The molecule has 9 heteroatoms. The normalized spacial score (nSPS) is 17.7. The van der Waals surface area contributed by atoms with E-state index in [1.165, 1.54) is 0 Å². The predicted molar refractivity (Wildman–Crippen MR) is 97.9 cm³/mol. The quantitative estimate of drug-likeness (QED) is 0.741. The highest BCUT2D eigenvalue weighted by molar-refractivity contribution is 7.91. The second-order valence-corrected chi connectivity index (χ2v) is 8.54. The molecule has 2 aromatic rings. The van der Waals surface area contributed by atoms with E-state index in [1.54, 1.807) is 29.2 Å². The maximum absolute atomic E-state index is 12.5. The molecule has 0 radical (unpaired) electrons. The maximum Gasteiger partial charge on any atom is 0.336 e. The molecule has 2 heterocycles. The number of carbonyl (C=O) groups is 1. The van der Waals surface area contributed by atoms with Gasteiger partial charge in [-0.15, -0.1) is 5.10 Å². The van der Waals surface area contributed by atoms with E-state index in [0.29, 0.717) is 36.9 Å². The van der Waals surface area contributed by atoms with Crippen molar-refractivity contribution in [1.82, 2.24) is 15.1 Å². The molecule has 3 rings (SSSR count). The van der Waals surface area contributed by atoms with Crippen molar-refractivity contribution in [2.45, 2.75) is 31.9 Å². The highest BCUT2D eigenvalue weighted by Crippen LogP contribution is 2.23. The lowest BCUT2D eigenvalue weighted by Gasteiger charge is -2.30. The summed E-state index contributed by atoms with van der Waals surface area (Å²) in [5.41, 5.74) is 0.573. The number of benzene rings is 1.